The Morgan fingerprint density at radius 2 is 1.71 bits per heavy atom. The molecule has 316 valence electrons. The first kappa shape index (κ1) is 43.7. The number of likely N-dealkylation sites (N-methyl/N-ethyl adjacent to an activating group) is 1. The summed E-state index contributed by atoms with van der Waals surface area (Å²) in [7, 11) is 1.66. The van der Waals surface area contributed by atoms with Gasteiger partial charge in [-0.25, -0.2) is 9.59 Å². The average Bonchev–Trinajstić information content (AvgIpc) is 3.26. The molecule has 1 aliphatic heterocycles. The van der Waals surface area contributed by atoms with Crippen LogP contribution in [0.25, 0.3) is 0 Å². The van der Waals surface area contributed by atoms with Gasteiger partial charge in [0.15, 0.2) is 0 Å². The Bertz CT molecular complexity index is 1910. The second kappa shape index (κ2) is 21.4. The minimum absolute atomic E-state index is 0.00995. The molecule has 1 heterocycles. The van der Waals surface area contributed by atoms with Crippen LogP contribution in [-0.4, -0.2) is 84.2 Å². The summed E-state index contributed by atoms with van der Waals surface area (Å²) < 4.78 is 25.5. The Hall–Kier alpha value is -4.88. The average molecular weight is 830 g/mol. The molecule has 3 aliphatic rings. The number of ether oxygens (including phenoxy) is 4. The SMILES string of the molecule is C=CCOC12Oc3ccc(OC(=O)NCc4ccccc4)cc3C3C(CCCCO)C(CCCCO)C=C(C(=NOCc4ccccc4)CC1N(C)C(=O)OCCCl)C32. The molecule has 0 aromatic heterocycles. The number of oxime groups is 1. The van der Waals surface area contributed by atoms with Gasteiger partial charge in [0.05, 0.1) is 24.1 Å². The van der Waals surface area contributed by atoms with E-state index in [-0.39, 0.29) is 63.1 Å². The second-order valence-electron chi connectivity index (χ2n) is 15.2. The fourth-order valence-corrected chi connectivity index (χ4v) is 8.90. The maximum absolute atomic E-state index is 13.7. The lowest BCUT2D eigenvalue weighted by atomic mass is 9.55. The predicted molar refractivity (Wildman–Crippen MR) is 225 cm³/mol. The smallest absolute Gasteiger partial charge is 0.412 e. The van der Waals surface area contributed by atoms with E-state index in [1.54, 1.807) is 25.3 Å². The zero-order chi connectivity index (χ0) is 41.6. The van der Waals surface area contributed by atoms with E-state index in [4.69, 9.17) is 40.5 Å². The highest BCUT2D eigenvalue weighted by atomic mass is 35.5. The number of amides is 2. The van der Waals surface area contributed by atoms with Gasteiger partial charge < -0.3 is 44.2 Å². The standard InChI is InChI=1S/C46H56ClN3O9/c1-3-25-56-46-41(50(2)45(54)55-26-22-47)29-39(49-57-31-33-16-8-5-9-17-33)37-27-34(18-10-12-23-51)36(19-11-13-24-52)42(43(37)46)38-28-35(20-21-40(38)59-46)58-44(53)48-30-32-14-6-4-7-15-32/h3-9,14-17,20-21,27-28,34,36,41-43,51-52H,1,10-13,18-19,22-26,29-31H2,2H3,(H,48,53). The number of aliphatic hydroxyl groups excluding tert-OH is 2. The number of aliphatic hydroxyl groups is 2. The summed E-state index contributed by atoms with van der Waals surface area (Å²) in [6.45, 7) is 4.77. The van der Waals surface area contributed by atoms with Gasteiger partial charge in [-0.1, -0.05) is 90.8 Å². The molecule has 3 N–H and O–H groups in total. The summed E-state index contributed by atoms with van der Waals surface area (Å²) in [6, 6.07) is 24.0. The molecule has 1 fully saturated rings. The molecule has 0 radical (unpaired) electrons. The summed E-state index contributed by atoms with van der Waals surface area (Å²) in [5.41, 5.74) is 4.25. The van der Waals surface area contributed by atoms with Crippen LogP contribution < -0.4 is 14.8 Å². The summed E-state index contributed by atoms with van der Waals surface area (Å²) in [4.78, 5) is 34.5. The molecule has 13 heteroatoms. The summed E-state index contributed by atoms with van der Waals surface area (Å²) in [5, 5.41) is 27.4. The number of carbonyl (C=O) groups excluding carboxylic acids is 2. The third kappa shape index (κ3) is 10.5. The maximum Gasteiger partial charge on any atom is 0.412 e. The van der Waals surface area contributed by atoms with Crippen LogP contribution in [0.3, 0.4) is 0 Å². The number of unbranched alkanes of at least 4 members (excludes halogenated alkanes) is 2. The highest BCUT2D eigenvalue weighted by Gasteiger charge is 2.65. The van der Waals surface area contributed by atoms with Gasteiger partial charge in [-0.2, -0.15) is 0 Å². The van der Waals surface area contributed by atoms with Crippen molar-refractivity contribution in [1.82, 2.24) is 10.2 Å². The number of allylic oxidation sites excluding steroid dienone is 1. The van der Waals surface area contributed by atoms with E-state index in [0.29, 0.717) is 36.6 Å². The molecule has 6 rings (SSSR count). The number of halogens is 1. The number of rotatable bonds is 20. The molecular formula is C46H56ClN3O9. The minimum atomic E-state index is -1.45. The molecule has 0 saturated heterocycles. The van der Waals surface area contributed by atoms with E-state index in [2.05, 4.69) is 18.0 Å². The Morgan fingerprint density at radius 1 is 1.00 bits per heavy atom. The first-order valence-electron chi connectivity index (χ1n) is 20.5. The number of fused-ring (bicyclic) bond motifs is 2. The van der Waals surface area contributed by atoms with E-state index in [0.717, 1.165) is 47.9 Å². The van der Waals surface area contributed by atoms with Gasteiger partial charge in [0, 0.05) is 44.7 Å². The quantitative estimate of drug-likeness (QED) is 0.0445. The lowest BCUT2D eigenvalue weighted by Gasteiger charge is -2.59. The third-order valence-corrected chi connectivity index (χ3v) is 11.6. The van der Waals surface area contributed by atoms with Crippen molar-refractivity contribution in [3.05, 3.63) is 120 Å². The first-order chi connectivity index (χ1) is 28.8. The molecule has 3 aromatic rings. The summed E-state index contributed by atoms with van der Waals surface area (Å²) in [5.74, 6) is -1.27. The number of hydrogen-bond acceptors (Lipinski definition) is 10. The highest BCUT2D eigenvalue weighted by Crippen LogP contribution is 2.61. The molecule has 0 bridgehead atoms. The van der Waals surface area contributed by atoms with Gasteiger partial charge in [0.1, 0.15) is 30.8 Å². The Balaban J connectivity index is 1.49. The van der Waals surface area contributed by atoms with E-state index in [1.165, 1.54) is 4.90 Å². The van der Waals surface area contributed by atoms with Crippen LogP contribution in [0, 0.1) is 17.8 Å². The maximum atomic E-state index is 13.7. The number of carbonyl (C=O) groups is 2. The van der Waals surface area contributed by atoms with Gasteiger partial charge >= 0.3 is 12.2 Å². The van der Waals surface area contributed by atoms with Crippen molar-refractivity contribution in [2.75, 3.05) is 39.4 Å². The van der Waals surface area contributed by atoms with E-state index < -0.39 is 29.9 Å². The molecule has 6 unspecified atom stereocenters. The van der Waals surface area contributed by atoms with Crippen molar-refractivity contribution in [3.8, 4) is 11.5 Å². The van der Waals surface area contributed by atoms with Gasteiger partial charge in [-0.05, 0) is 72.4 Å². The van der Waals surface area contributed by atoms with Crippen molar-refractivity contribution < 1.29 is 43.6 Å². The van der Waals surface area contributed by atoms with Crippen molar-refractivity contribution in [2.24, 2.45) is 22.9 Å². The Morgan fingerprint density at radius 3 is 2.41 bits per heavy atom. The Kier molecular flexibility index (Phi) is 15.8. The normalized spacial score (nSPS) is 23.5. The van der Waals surface area contributed by atoms with E-state index in [9.17, 15) is 19.8 Å². The van der Waals surface area contributed by atoms with E-state index >= 15 is 0 Å². The minimum Gasteiger partial charge on any atom is -0.459 e. The van der Waals surface area contributed by atoms with E-state index in [1.807, 2.05) is 66.7 Å². The lowest BCUT2D eigenvalue weighted by molar-refractivity contribution is -0.253. The fourth-order valence-electron chi connectivity index (χ4n) is 8.82. The number of alkyl halides is 1. The summed E-state index contributed by atoms with van der Waals surface area (Å²) in [6.07, 6.45) is 7.32. The largest absolute Gasteiger partial charge is 0.459 e. The second-order valence-corrected chi connectivity index (χ2v) is 15.6. The molecule has 1 saturated carbocycles. The number of nitrogens with one attached hydrogen (secondary N) is 1. The molecule has 59 heavy (non-hydrogen) atoms. The van der Waals surface area contributed by atoms with Gasteiger partial charge in [-0.15, -0.1) is 18.2 Å². The molecule has 2 aliphatic carbocycles. The van der Waals surface area contributed by atoms with Crippen LogP contribution in [0.1, 0.15) is 67.6 Å². The van der Waals surface area contributed by atoms with Crippen molar-refractivity contribution in [2.45, 2.75) is 75.8 Å². The molecule has 0 spiro atoms. The number of benzene rings is 3. The van der Waals surface area contributed by atoms with Crippen molar-refractivity contribution >= 4 is 29.5 Å². The molecule has 3 aromatic carbocycles. The first-order valence-corrected chi connectivity index (χ1v) is 21.1. The predicted octanol–water partition coefficient (Wildman–Crippen LogP) is 8.12. The van der Waals surface area contributed by atoms with Crippen LogP contribution in [0.15, 0.2) is 108 Å². The van der Waals surface area contributed by atoms with Gasteiger partial charge in [0.25, 0.3) is 0 Å². The molecule has 12 nitrogen and oxygen atoms in total. The third-order valence-electron chi connectivity index (χ3n) is 11.4. The summed E-state index contributed by atoms with van der Waals surface area (Å²) >= 11 is 5.95. The van der Waals surface area contributed by atoms with Crippen LogP contribution >= 0.6 is 11.6 Å². The molecular weight excluding hydrogens is 774 g/mol. The monoisotopic (exact) mass is 829 g/mol. The Labute approximate surface area is 351 Å². The van der Waals surface area contributed by atoms with Crippen LogP contribution in [0.5, 0.6) is 11.5 Å². The number of nitrogens with zero attached hydrogens (tertiary/aromatic N) is 2. The highest BCUT2D eigenvalue weighted by molar-refractivity contribution is 6.18. The zero-order valence-electron chi connectivity index (χ0n) is 33.7. The van der Waals surface area contributed by atoms with Crippen LogP contribution in [0.4, 0.5) is 9.59 Å². The van der Waals surface area contributed by atoms with Crippen LogP contribution in [-0.2, 0) is 27.5 Å². The fraction of sp³-hybridized carbons (Fsp3) is 0.457. The number of hydrogen-bond donors (Lipinski definition) is 3. The molecule has 6 atom stereocenters. The van der Waals surface area contributed by atoms with Crippen molar-refractivity contribution in [3.63, 3.8) is 0 Å². The van der Waals surface area contributed by atoms with Gasteiger partial charge in [-0.3, -0.25) is 0 Å². The lowest BCUT2D eigenvalue weighted by Crippen LogP contribution is -2.69. The van der Waals surface area contributed by atoms with Gasteiger partial charge in [0.2, 0.25) is 5.79 Å². The van der Waals surface area contributed by atoms with Crippen LogP contribution in [0.2, 0.25) is 0 Å². The zero-order valence-corrected chi connectivity index (χ0v) is 34.4. The van der Waals surface area contributed by atoms with Crippen molar-refractivity contribution in [1.29, 1.82) is 0 Å². The molecule has 2 amide bonds. The topological polar surface area (TPSA) is 148 Å².